The van der Waals surface area contributed by atoms with Gasteiger partial charge in [-0.25, -0.2) is 9.13 Å². The van der Waals surface area contributed by atoms with Crippen LogP contribution in [0.2, 0.25) is 0 Å². The predicted octanol–water partition coefficient (Wildman–Crippen LogP) is 4.37. The van der Waals surface area contributed by atoms with Gasteiger partial charge in [0.2, 0.25) is 0 Å². The van der Waals surface area contributed by atoms with Gasteiger partial charge in [-0.1, -0.05) is 90.9 Å². The molecule has 0 aromatic carbocycles. The molecule has 1 aromatic rings. The molecule has 0 fully saturated rings. The van der Waals surface area contributed by atoms with Gasteiger partial charge in [-0.05, 0) is 25.7 Å². The summed E-state index contributed by atoms with van der Waals surface area (Å²) in [6.07, 6.45) is 27.0. The number of unbranched alkanes of at least 4 members (excludes halogenated alkanes) is 14. The summed E-state index contributed by atoms with van der Waals surface area (Å²) < 4.78 is 4.92. The smallest absolute Gasteiger partial charge is 0.253 e. The Kier molecular flexibility index (Phi) is 18.8. The summed E-state index contributed by atoms with van der Waals surface area (Å²) in [7, 11) is 0. The van der Waals surface area contributed by atoms with E-state index in [0.29, 0.717) is 0 Å². The molecule has 0 amide bonds. The normalized spacial score (nSPS) is 10.9. The van der Waals surface area contributed by atoms with Crippen molar-refractivity contribution in [2.24, 2.45) is 0 Å². The Bertz CT molecular complexity index is 391. The van der Waals surface area contributed by atoms with Crippen molar-refractivity contribution in [1.29, 1.82) is 0 Å². The number of nitrogens with zero attached hydrogens (tertiary/aromatic N) is 2. The summed E-state index contributed by atoms with van der Waals surface area (Å²) in [5.74, 6) is 1.44. The van der Waals surface area contributed by atoms with Crippen LogP contribution in [0.5, 0.6) is 0 Å². The SMILES string of the molecule is CCCCCCCCCCn1cc[n+](CCCCCCCCCC)c1C.[Br-]. The highest BCUT2D eigenvalue weighted by atomic mass is 79.9. The molecule has 0 bridgehead atoms. The minimum absolute atomic E-state index is 0. The van der Waals surface area contributed by atoms with Crippen LogP contribution in [0.15, 0.2) is 12.4 Å². The van der Waals surface area contributed by atoms with Gasteiger partial charge in [-0.15, -0.1) is 0 Å². The van der Waals surface area contributed by atoms with Crippen LogP contribution in [-0.4, -0.2) is 4.57 Å². The number of hydrogen-bond donors (Lipinski definition) is 0. The van der Waals surface area contributed by atoms with Gasteiger partial charge in [-0.2, -0.15) is 0 Å². The molecule has 1 aromatic heterocycles. The summed E-state index contributed by atoms with van der Waals surface area (Å²) >= 11 is 0. The lowest BCUT2D eigenvalue weighted by Crippen LogP contribution is -3.00. The van der Waals surface area contributed by atoms with E-state index in [1.54, 1.807) is 0 Å². The highest BCUT2D eigenvalue weighted by Crippen LogP contribution is 2.10. The Morgan fingerprint density at radius 1 is 0.667 bits per heavy atom. The fraction of sp³-hybridized carbons (Fsp3) is 0.875. The van der Waals surface area contributed by atoms with Crippen LogP contribution < -0.4 is 21.5 Å². The van der Waals surface area contributed by atoms with E-state index in [0.717, 1.165) is 0 Å². The number of aromatic nitrogens is 2. The van der Waals surface area contributed by atoms with E-state index in [9.17, 15) is 0 Å². The summed E-state index contributed by atoms with van der Waals surface area (Å²) in [4.78, 5) is 0. The molecule has 2 nitrogen and oxygen atoms in total. The molecule has 0 spiro atoms. The van der Waals surface area contributed by atoms with Gasteiger partial charge in [0, 0.05) is 6.92 Å². The average Bonchev–Trinajstić information content (AvgIpc) is 2.99. The summed E-state index contributed by atoms with van der Waals surface area (Å²) in [5, 5.41) is 0. The van der Waals surface area contributed by atoms with E-state index >= 15 is 0 Å². The maximum absolute atomic E-state index is 2.46. The molecule has 0 saturated heterocycles. The molecule has 0 atom stereocenters. The van der Waals surface area contributed by atoms with Gasteiger partial charge < -0.3 is 17.0 Å². The highest BCUT2D eigenvalue weighted by molar-refractivity contribution is 4.79. The maximum atomic E-state index is 2.46. The monoisotopic (exact) mass is 442 g/mol. The molecule has 0 radical (unpaired) electrons. The Morgan fingerprint density at radius 2 is 1.11 bits per heavy atom. The van der Waals surface area contributed by atoms with E-state index in [4.69, 9.17) is 0 Å². The number of rotatable bonds is 18. The van der Waals surface area contributed by atoms with Gasteiger partial charge >= 0.3 is 0 Å². The second-order valence-electron chi connectivity index (χ2n) is 8.18. The lowest BCUT2D eigenvalue weighted by molar-refractivity contribution is -0.702. The van der Waals surface area contributed by atoms with E-state index in [2.05, 4.69) is 42.3 Å². The first kappa shape index (κ1) is 26.7. The molecule has 0 aliphatic rings. The van der Waals surface area contributed by atoms with Gasteiger partial charge in [0.15, 0.2) is 0 Å². The van der Waals surface area contributed by atoms with Crippen molar-refractivity contribution in [1.82, 2.24) is 4.57 Å². The van der Waals surface area contributed by atoms with E-state index < -0.39 is 0 Å². The molecule has 1 heterocycles. The molecule has 0 unspecified atom stereocenters. The third kappa shape index (κ3) is 13.5. The van der Waals surface area contributed by atoms with Crippen molar-refractivity contribution in [2.75, 3.05) is 0 Å². The molecule has 0 N–H and O–H groups in total. The third-order valence-electron chi connectivity index (χ3n) is 5.76. The van der Waals surface area contributed by atoms with Gasteiger partial charge in [0.05, 0.1) is 13.1 Å². The van der Waals surface area contributed by atoms with Crippen LogP contribution in [0.3, 0.4) is 0 Å². The summed E-state index contributed by atoms with van der Waals surface area (Å²) in [5.41, 5.74) is 0. The fourth-order valence-corrected chi connectivity index (χ4v) is 3.85. The number of halogens is 1. The first-order chi connectivity index (χ1) is 12.8. The van der Waals surface area contributed by atoms with Crippen LogP contribution in [0.4, 0.5) is 0 Å². The summed E-state index contributed by atoms with van der Waals surface area (Å²) in [6, 6.07) is 0. The zero-order chi connectivity index (χ0) is 18.9. The molecule has 0 aliphatic carbocycles. The van der Waals surface area contributed by atoms with Crippen LogP contribution in [-0.2, 0) is 13.1 Å². The zero-order valence-corrected chi connectivity index (χ0v) is 20.2. The van der Waals surface area contributed by atoms with Crippen molar-refractivity contribution >= 4 is 0 Å². The minimum atomic E-state index is 0. The Hall–Kier alpha value is -0.310. The standard InChI is InChI=1S/C24H47N2.BrH/c1-4-6-8-10-12-14-16-18-20-25-22-23-26(24(25)3)21-19-17-15-13-11-9-7-5-2;/h22-23H,4-21H2,1-3H3;1H/q+1;/p-1. The van der Waals surface area contributed by atoms with Crippen molar-refractivity contribution in [3.63, 3.8) is 0 Å². The molecular weight excluding hydrogens is 396 g/mol. The average molecular weight is 444 g/mol. The number of hydrogen-bond acceptors (Lipinski definition) is 0. The van der Waals surface area contributed by atoms with Crippen LogP contribution in [0, 0.1) is 6.92 Å². The molecular formula is C24H47BrN2. The fourth-order valence-electron chi connectivity index (χ4n) is 3.85. The molecule has 0 saturated carbocycles. The van der Waals surface area contributed by atoms with Crippen molar-refractivity contribution < 1.29 is 21.5 Å². The van der Waals surface area contributed by atoms with E-state index in [1.165, 1.54) is 122 Å². The molecule has 27 heavy (non-hydrogen) atoms. The van der Waals surface area contributed by atoms with Crippen LogP contribution in [0.25, 0.3) is 0 Å². The first-order valence-corrected chi connectivity index (χ1v) is 11.8. The quantitative estimate of drug-likeness (QED) is 0.235. The highest BCUT2D eigenvalue weighted by Gasteiger charge is 2.11. The zero-order valence-electron chi connectivity index (χ0n) is 18.7. The first-order valence-electron chi connectivity index (χ1n) is 11.8. The second kappa shape index (κ2) is 19.0. The second-order valence-corrected chi connectivity index (χ2v) is 8.18. The van der Waals surface area contributed by atoms with Crippen LogP contribution in [0.1, 0.15) is 122 Å². The molecule has 0 aliphatic heterocycles. The Labute approximate surface area is 180 Å². The van der Waals surface area contributed by atoms with E-state index in [1.807, 2.05) is 0 Å². The minimum Gasteiger partial charge on any atom is -1.00 e. The van der Waals surface area contributed by atoms with E-state index in [-0.39, 0.29) is 17.0 Å². The number of imidazole rings is 1. The maximum Gasteiger partial charge on any atom is 0.253 e. The number of aryl methyl sites for hydroxylation is 2. The van der Waals surface area contributed by atoms with Gasteiger partial charge in [-0.3, -0.25) is 0 Å². The topological polar surface area (TPSA) is 8.81 Å². The molecule has 160 valence electrons. The van der Waals surface area contributed by atoms with Gasteiger partial charge in [0.1, 0.15) is 12.4 Å². The predicted molar refractivity (Wildman–Crippen MR) is 115 cm³/mol. The van der Waals surface area contributed by atoms with Crippen molar-refractivity contribution in [3.8, 4) is 0 Å². The Morgan fingerprint density at radius 3 is 1.63 bits per heavy atom. The lowest BCUT2D eigenvalue weighted by Gasteiger charge is -2.03. The van der Waals surface area contributed by atoms with Gasteiger partial charge in [0.25, 0.3) is 5.82 Å². The van der Waals surface area contributed by atoms with Crippen molar-refractivity contribution in [3.05, 3.63) is 18.2 Å². The lowest BCUT2D eigenvalue weighted by atomic mass is 10.1. The molecule has 3 heteroatoms. The molecule has 1 rings (SSSR count). The Balaban J connectivity index is 0.00000676. The largest absolute Gasteiger partial charge is 1.00 e. The van der Waals surface area contributed by atoms with Crippen LogP contribution >= 0.6 is 0 Å². The third-order valence-corrected chi connectivity index (χ3v) is 5.76. The van der Waals surface area contributed by atoms with Crippen molar-refractivity contribution in [2.45, 2.75) is 137 Å². The summed E-state index contributed by atoms with van der Waals surface area (Å²) in [6.45, 7) is 9.27.